The molecule has 0 aliphatic carbocycles. The highest BCUT2D eigenvalue weighted by atomic mass is 32.2. The summed E-state index contributed by atoms with van der Waals surface area (Å²) in [5, 5.41) is 4.86. The molecule has 0 spiro atoms. The highest BCUT2D eigenvalue weighted by molar-refractivity contribution is 7.99. The number of aromatic nitrogens is 2. The average Bonchev–Trinajstić information content (AvgIpc) is 2.72. The standard InChI is InChI=1S/C13H19N3S/c1-4-10(14-3)9(2)17-13-15-11-7-5-6-8-12(11)16-13/h5-10,14H,4H2,1-3H3,(H,15,16). The van der Waals surface area contributed by atoms with Crippen LogP contribution in [-0.2, 0) is 0 Å². The van der Waals surface area contributed by atoms with Crippen molar-refractivity contribution in [3.63, 3.8) is 0 Å². The Morgan fingerprint density at radius 2 is 2.18 bits per heavy atom. The van der Waals surface area contributed by atoms with Gasteiger partial charge in [-0.3, -0.25) is 0 Å². The molecule has 0 fully saturated rings. The van der Waals surface area contributed by atoms with E-state index in [1.807, 2.05) is 25.2 Å². The van der Waals surface area contributed by atoms with Crippen molar-refractivity contribution in [3.8, 4) is 0 Å². The molecule has 3 nitrogen and oxygen atoms in total. The second kappa shape index (κ2) is 5.56. The molecule has 0 aliphatic heterocycles. The first-order valence-corrected chi connectivity index (χ1v) is 6.91. The molecular formula is C13H19N3S. The van der Waals surface area contributed by atoms with Gasteiger partial charge >= 0.3 is 0 Å². The second-order valence-electron chi connectivity index (χ2n) is 4.19. The van der Waals surface area contributed by atoms with Crippen LogP contribution in [0.25, 0.3) is 11.0 Å². The maximum absolute atomic E-state index is 4.58. The Hall–Kier alpha value is -1.00. The van der Waals surface area contributed by atoms with Crippen molar-refractivity contribution < 1.29 is 0 Å². The smallest absolute Gasteiger partial charge is 0.166 e. The first kappa shape index (κ1) is 12.5. The van der Waals surface area contributed by atoms with Crippen molar-refractivity contribution in [3.05, 3.63) is 24.3 Å². The Bertz CT molecular complexity index is 443. The Kier molecular flexibility index (Phi) is 4.07. The van der Waals surface area contributed by atoms with E-state index in [4.69, 9.17) is 0 Å². The number of thioether (sulfide) groups is 1. The molecule has 2 rings (SSSR count). The van der Waals surface area contributed by atoms with Crippen LogP contribution in [0.5, 0.6) is 0 Å². The van der Waals surface area contributed by atoms with Gasteiger partial charge in [-0.1, -0.05) is 37.7 Å². The molecule has 0 radical (unpaired) electrons. The monoisotopic (exact) mass is 249 g/mol. The van der Waals surface area contributed by atoms with E-state index in [0.29, 0.717) is 11.3 Å². The van der Waals surface area contributed by atoms with Gasteiger partial charge in [-0.2, -0.15) is 0 Å². The van der Waals surface area contributed by atoms with Crippen molar-refractivity contribution in [1.82, 2.24) is 15.3 Å². The summed E-state index contributed by atoms with van der Waals surface area (Å²) < 4.78 is 0. The fourth-order valence-corrected chi connectivity index (χ4v) is 3.18. The fourth-order valence-electron chi connectivity index (χ4n) is 2.01. The number of hydrogen-bond donors (Lipinski definition) is 2. The van der Waals surface area contributed by atoms with Gasteiger partial charge in [0, 0.05) is 11.3 Å². The number of aromatic amines is 1. The minimum atomic E-state index is 0.505. The predicted octanol–water partition coefficient (Wildman–Crippen LogP) is 3.04. The molecule has 0 bridgehead atoms. The zero-order valence-corrected chi connectivity index (χ0v) is 11.3. The highest BCUT2D eigenvalue weighted by Crippen LogP contribution is 2.25. The number of nitrogens with zero attached hydrogens (tertiary/aromatic N) is 1. The molecule has 1 aromatic heterocycles. The number of rotatable bonds is 5. The number of H-pyrrole nitrogens is 1. The van der Waals surface area contributed by atoms with Crippen LogP contribution in [0.3, 0.4) is 0 Å². The van der Waals surface area contributed by atoms with E-state index in [1.165, 1.54) is 0 Å². The van der Waals surface area contributed by atoms with Gasteiger partial charge in [0.25, 0.3) is 0 Å². The highest BCUT2D eigenvalue weighted by Gasteiger charge is 2.16. The van der Waals surface area contributed by atoms with Crippen molar-refractivity contribution in [2.75, 3.05) is 7.05 Å². The third-order valence-electron chi connectivity index (χ3n) is 3.04. The molecule has 2 aromatic rings. The van der Waals surface area contributed by atoms with E-state index >= 15 is 0 Å². The van der Waals surface area contributed by atoms with Gasteiger partial charge in [-0.25, -0.2) is 4.98 Å². The third kappa shape index (κ3) is 2.82. The molecule has 0 saturated heterocycles. The van der Waals surface area contributed by atoms with Crippen LogP contribution >= 0.6 is 11.8 Å². The van der Waals surface area contributed by atoms with Crippen molar-refractivity contribution in [2.45, 2.75) is 36.7 Å². The summed E-state index contributed by atoms with van der Waals surface area (Å²) in [6.07, 6.45) is 1.13. The van der Waals surface area contributed by atoms with Crippen LogP contribution in [0, 0.1) is 0 Å². The lowest BCUT2D eigenvalue weighted by Crippen LogP contribution is -2.33. The van der Waals surface area contributed by atoms with Crippen LogP contribution in [0.4, 0.5) is 0 Å². The minimum Gasteiger partial charge on any atom is -0.333 e. The van der Waals surface area contributed by atoms with Crippen molar-refractivity contribution >= 4 is 22.8 Å². The van der Waals surface area contributed by atoms with Gasteiger partial charge in [0.2, 0.25) is 0 Å². The van der Waals surface area contributed by atoms with Crippen LogP contribution in [-0.4, -0.2) is 28.3 Å². The first-order chi connectivity index (χ1) is 8.24. The van der Waals surface area contributed by atoms with Crippen molar-refractivity contribution in [2.24, 2.45) is 0 Å². The van der Waals surface area contributed by atoms with Gasteiger partial charge in [0.1, 0.15) is 0 Å². The maximum atomic E-state index is 4.58. The SMILES string of the molecule is CCC(NC)C(C)Sc1nc2ccccc2[nH]1. The summed E-state index contributed by atoms with van der Waals surface area (Å²) in [6.45, 7) is 4.44. The van der Waals surface area contributed by atoms with Gasteiger partial charge in [-0.05, 0) is 25.6 Å². The van der Waals surface area contributed by atoms with E-state index in [-0.39, 0.29) is 0 Å². The summed E-state index contributed by atoms with van der Waals surface area (Å²) in [6, 6.07) is 8.67. The summed E-state index contributed by atoms with van der Waals surface area (Å²) >= 11 is 1.80. The lowest BCUT2D eigenvalue weighted by Gasteiger charge is -2.20. The number of nitrogens with one attached hydrogen (secondary N) is 2. The summed E-state index contributed by atoms with van der Waals surface area (Å²) in [5.41, 5.74) is 2.15. The largest absolute Gasteiger partial charge is 0.333 e. The lowest BCUT2D eigenvalue weighted by atomic mass is 10.2. The van der Waals surface area contributed by atoms with Gasteiger partial charge < -0.3 is 10.3 Å². The van der Waals surface area contributed by atoms with Crippen LogP contribution in [0.1, 0.15) is 20.3 Å². The Balaban J connectivity index is 2.12. The average molecular weight is 249 g/mol. The Morgan fingerprint density at radius 3 is 2.82 bits per heavy atom. The summed E-state index contributed by atoms with van der Waals surface area (Å²) in [4.78, 5) is 7.94. The molecule has 2 N–H and O–H groups in total. The molecule has 1 heterocycles. The summed E-state index contributed by atoms with van der Waals surface area (Å²) in [5.74, 6) is 0. The molecule has 1 aromatic carbocycles. The first-order valence-electron chi connectivity index (χ1n) is 6.03. The molecule has 2 atom stereocenters. The molecule has 17 heavy (non-hydrogen) atoms. The number of para-hydroxylation sites is 2. The number of hydrogen-bond acceptors (Lipinski definition) is 3. The van der Waals surface area contributed by atoms with Crippen LogP contribution in [0.2, 0.25) is 0 Å². The zero-order valence-electron chi connectivity index (χ0n) is 10.5. The third-order valence-corrected chi connectivity index (χ3v) is 4.16. The van der Waals surface area contributed by atoms with E-state index in [9.17, 15) is 0 Å². The minimum absolute atomic E-state index is 0.505. The fraction of sp³-hybridized carbons (Fsp3) is 0.462. The molecule has 4 heteroatoms. The Morgan fingerprint density at radius 1 is 1.41 bits per heavy atom. The number of benzene rings is 1. The van der Waals surface area contributed by atoms with E-state index < -0.39 is 0 Å². The maximum Gasteiger partial charge on any atom is 0.166 e. The number of fused-ring (bicyclic) bond motifs is 1. The predicted molar refractivity (Wildman–Crippen MR) is 74.6 cm³/mol. The van der Waals surface area contributed by atoms with Crippen LogP contribution < -0.4 is 5.32 Å². The normalized spacial score (nSPS) is 15.0. The Labute approximate surface area is 106 Å². The summed E-state index contributed by atoms with van der Waals surface area (Å²) in [7, 11) is 2.02. The van der Waals surface area contributed by atoms with E-state index in [2.05, 4.69) is 35.2 Å². The molecule has 0 aliphatic rings. The zero-order chi connectivity index (χ0) is 12.3. The van der Waals surface area contributed by atoms with Gasteiger partial charge in [0.05, 0.1) is 11.0 Å². The van der Waals surface area contributed by atoms with Crippen LogP contribution in [0.15, 0.2) is 29.4 Å². The van der Waals surface area contributed by atoms with Gasteiger partial charge in [0.15, 0.2) is 5.16 Å². The second-order valence-corrected chi connectivity index (χ2v) is 5.55. The number of imidazole rings is 1. The molecular weight excluding hydrogens is 230 g/mol. The van der Waals surface area contributed by atoms with Gasteiger partial charge in [-0.15, -0.1) is 0 Å². The lowest BCUT2D eigenvalue weighted by molar-refractivity contribution is 0.541. The molecule has 0 amide bonds. The molecule has 0 saturated carbocycles. The topological polar surface area (TPSA) is 40.7 Å². The van der Waals surface area contributed by atoms with E-state index in [0.717, 1.165) is 22.6 Å². The van der Waals surface area contributed by atoms with Crippen molar-refractivity contribution in [1.29, 1.82) is 0 Å². The quantitative estimate of drug-likeness (QED) is 0.800. The molecule has 92 valence electrons. The molecule has 2 unspecified atom stereocenters. The van der Waals surface area contributed by atoms with E-state index in [1.54, 1.807) is 11.8 Å².